The molecule has 0 aliphatic carbocycles. The summed E-state index contributed by atoms with van der Waals surface area (Å²) in [5, 5.41) is 8.75. The standard InChI is InChI=1S/C12H9F5N2O2/c13-10(14)8(18)7(11(20)21)9(12(15,16)17)19-6-4-2-1-3-5-6/h1-5,10H,18H2,(H,20,21). The molecule has 0 spiro atoms. The number of carboxylic acids is 1. The molecule has 1 rings (SSSR count). The number of halogens is 5. The highest BCUT2D eigenvalue weighted by Crippen LogP contribution is 2.27. The second-order valence-corrected chi connectivity index (χ2v) is 3.73. The smallest absolute Gasteiger partial charge is 0.434 e. The maximum atomic E-state index is 12.9. The zero-order valence-corrected chi connectivity index (χ0v) is 10.2. The molecule has 0 aliphatic rings. The summed E-state index contributed by atoms with van der Waals surface area (Å²) in [6, 6.07) is 6.52. The number of nitrogens with zero attached hydrogens (tertiary/aromatic N) is 1. The molecule has 1 aromatic carbocycles. The second-order valence-electron chi connectivity index (χ2n) is 3.73. The number of aliphatic imine (C=N–C) groups is 1. The highest BCUT2D eigenvalue weighted by Gasteiger charge is 2.43. The van der Waals surface area contributed by atoms with Gasteiger partial charge in [-0.1, -0.05) is 18.2 Å². The Morgan fingerprint density at radius 2 is 1.71 bits per heavy atom. The van der Waals surface area contributed by atoms with E-state index in [-0.39, 0.29) is 5.69 Å². The molecule has 21 heavy (non-hydrogen) atoms. The van der Waals surface area contributed by atoms with Gasteiger partial charge in [-0.05, 0) is 12.1 Å². The van der Waals surface area contributed by atoms with Crippen LogP contribution in [0, 0.1) is 0 Å². The molecule has 0 aromatic heterocycles. The van der Waals surface area contributed by atoms with E-state index in [1.54, 1.807) is 0 Å². The van der Waals surface area contributed by atoms with Gasteiger partial charge in [-0.15, -0.1) is 0 Å². The third-order valence-electron chi connectivity index (χ3n) is 2.24. The molecule has 0 unspecified atom stereocenters. The van der Waals surface area contributed by atoms with Crippen molar-refractivity contribution >= 4 is 17.4 Å². The van der Waals surface area contributed by atoms with E-state index in [0.717, 1.165) is 12.1 Å². The number of benzene rings is 1. The van der Waals surface area contributed by atoms with Crippen LogP contribution in [0.3, 0.4) is 0 Å². The molecule has 3 N–H and O–H groups in total. The first-order valence-corrected chi connectivity index (χ1v) is 5.37. The van der Waals surface area contributed by atoms with Crippen LogP contribution in [0.25, 0.3) is 0 Å². The molecular weight excluding hydrogens is 299 g/mol. The third-order valence-corrected chi connectivity index (χ3v) is 2.24. The van der Waals surface area contributed by atoms with Crippen molar-refractivity contribution in [1.29, 1.82) is 0 Å². The summed E-state index contributed by atoms with van der Waals surface area (Å²) < 4.78 is 63.6. The summed E-state index contributed by atoms with van der Waals surface area (Å²) in [6.07, 6.45) is -8.82. The maximum Gasteiger partial charge on any atom is 0.434 e. The Morgan fingerprint density at radius 1 is 1.19 bits per heavy atom. The van der Waals surface area contributed by atoms with E-state index in [0.29, 0.717) is 0 Å². The molecule has 4 nitrogen and oxygen atoms in total. The van der Waals surface area contributed by atoms with E-state index in [4.69, 9.17) is 10.8 Å². The zero-order valence-electron chi connectivity index (χ0n) is 10.2. The minimum Gasteiger partial charge on any atom is -0.478 e. The lowest BCUT2D eigenvalue weighted by atomic mass is 10.1. The number of hydrogen-bond donors (Lipinski definition) is 2. The van der Waals surface area contributed by atoms with Gasteiger partial charge in [0, 0.05) is 0 Å². The van der Waals surface area contributed by atoms with Crippen molar-refractivity contribution in [3.05, 3.63) is 41.6 Å². The minimum absolute atomic E-state index is 0.245. The number of allylic oxidation sites excluding steroid dienone is 1. The van der Waals surface area contributed by atoms with Crippen molar-refractivity contribution in [1.82, 2.24) is 0 Å². The fourth-order valence-corrected chi connectivity index (χ4v) is 1.36. The molecule has 0 fully saturated rings. The first-order valence-electron chi connectivity index (χ1n) is 5.37. The van der Waals surface area contributed by atoms with Crippen LogP contribution in [-0.4, -0.2) is 29.4 Å². The molecule has 0 radical (unpaired) electrons. The van der Waals surface area contributed by atoms with Gasteiger partial charge in [0.2, 0.25) is 0 Å². The molecular formula is C12H9F5N2O2. The number of carboxylic acid groups (broad SMARTS) is 1. The van der Waals surface area contributed by atoms with Crippen molar-refractivity contribution in [3.8, 4) is 0 Å². The summed E-state index contributed by atoms with van der Waals surface area (Å²) >= 11 is 0. The molecule has 114 valence electrons. The van der Waals surface area contributed by atoms with E-state index < -0.39 is 35.6 Å². The van der Waals surface area contributed by atoms with Crippen LogP contribution >= 0.6 is 0 Å². The quantitative estimate of drug-likeness (QED) is 0.510. The molecule has 9 heteroatoms. The predicted octanol–water partition coefficient (Wildman–Crippen LogP) is 2.88. The van der Waals surface area contributed by atoms with E-state index in [9.17, 15) is 26.7 Å². The van der Waals surface area contributed by atoms with Crippen LogP contribution in [0.5, 0.6) is 0 Å². The predicted molar refractivity (Wildman–Crippen MR) is 64.4 cm³/mol. The Kier molecular flexibility index (Phi) is 5.01. The lowest BCUT2D eigenvalue weighted by molar-refractivity contribution is -0.132. The van der Waals surface area contributed by atoms with Crippen molar-refractivity contribution in [2.75, 3.05) is 0 Å². The zero-order chi connectivity index (χ0) is 16.2. The maximum absolute atomic E-state index is 12.9. The van der Waals surface area contributed by atoms with Gasteiger partial charge in [0.05, 0.1) is 11.4 Å². The number of hydrogen-bond acceptors (Lipinski definition) is 3. The van der Waals surface area contributed by atoms with E-state index in [1.807, 2.05) is 0 Å². The number of nitrogens with two attached hydrogens (primary N) is 1. The highest BCUT2D eigenvalue weighted by molar-refractivity contribution is 6.22. The Labute approximate surface area is 115 Å². The highest BCUT2D eigenvalue weighted by atomic mass is 19.4. The fraction of sp³-hybridized carbons (Fsp3) is 0.167. The van der Waals surface area contributed by atoms with Crippen LogP contribution in [0.15, 0.2) is 46.6 Å². The third kappa shape index (κ3) is 4.26. The second kappa shape index (κ2) is 6.33. The molecule has 1 aromatic rings. The van der Waals surface area contributed by atoms with Gasteiger partial charge in [0.1, 0.15) is 5.57 Å². The van der Waals surface area contributed by atoms with Crippen molar-refractivity contribution in [2.45, 2.75) is 12.6 Å². The largest absolute Gasteiger partial charge is 0.478 e. The van der Waals surface area contributed by atoms with Gasteiger partial charge in [0.15, 0.2) is 5.71 Å². The number of alkyl halides is 5. The van der Waals surface area contributed by atoms with Crippen LogP contribution in [-0.2, 0) is 4.79 Å². The van der Waals surface area contributed by atoms with Gasteiger partial charge < -0.3 is 10.8 Å². The fourth-order valence-electron chi connectivity index (χ4n) is 1.36. The summed E-state index contributed by atoms with van der Waals surface area (Å²) in [5.74, 6) is -2.24. The Hall–Kier alpha value is -2.45. The van der Waals surface area contributed by atoms with Crippen molar-refractivity contribution in [3.63, 3.8) is 0 Å². The number of aliphatic carboxylic acids is 1. The first kappa shape index (κ1) is 16.6. The van der Waals surface area contributed by atoms with E-state index in [1.165, 1.54) is 18.2 Å². The Balaban J connectivity index is 3.55. The number of rotatable bonds is 4. The van der Waals surface area contributed by atoms with Crippen molar-refractivity contribution in [2.24, 2.45) is 10.7 Å². The van der Waals surface area contributed by atoms with E-state index >= 15 is 0 Å². The number of para-hydroxylation sites is 1. The normalized spacial score (nSPS) is 14.1. The van der Waals surface area contributed by atoms with E-state index in [2.05, 4.69) is 4.99 Å². The molecule has 0 amide bonds. The summed E-state index contributed by atoms with van der Waals surface area (Å²) in [4.78, 5) is 14.0. The topological polar surface area (TPSA) is 75.7 Å². The van der Waals surface area contributed by atoms with Gasteiger partial charge in [-0.25, -0.2) is 18.6 Å². The van der Waals surface area contributed by atoms with Crippen LogP contribution in [0.4, 0.5) is 27.6 Å². The van der Waals surface area contributed by atoms with Gasteiger partial charge >= 0.3 is 12.1 Å². The van der Waals surface area contributed by atoms with Crippen LogP contribution < -0.4 is 5.73 Å². The van der Waals surface area contributed by atoms with Gasteiger partial charge in [0.25, 0.3) is 6.43 Å². The van der Waals surface area contributed by atoms with Crippen LogP contribution in [0.1, 0.15) is 0 Å². The summed E-state index contributed by atoms with van der Waals surface area (Å²) in [6.45, 7) is 0. The Bertz CT molecular complexity index is 579. The summed E-state index contributed by atoms with van der Waals surface area (Å²) in [7, 11) is 0. The lowest BCUT2D eigenvalue weighted by Gasteiger charge is -2.13. The monoisotopic (exact) mass is 308 g/mol. The average molecular weight is 308 g/mol. The molecule has 0 bridgehead atoms. The first-order chi connectivity index (χ1) is 9.64. The SMILES string of the molecule is NC(=C(C(=O)O)C(=Nc1ccccc1)C(F)(F)F)C(F)F. The Morgan fingerprint density at radius 3 is 2.10 bits per heavy atom. The molecule has 0 atom stereocenters. The molecule has 0 saturated carbocycles. The average Bonchev–Trinajstić information content (AvgIpc) is 2.37. The van der Waals surface area contributed by atoms with Gasteiger partial charge in [-0.2, -0.15) is 13.2 Å². The molecule has 0 aliphatic heterocycles. The molecule has 0 saturated heterocycles. The molecule has 0 heterocycles. The van der Waals surface area contributed by atoms with Gasteiger partial charge in [-0.3, -0.25) is 0 Å². The van der Waals surface area contributed by atoms with Crippen molar-refractivity contribution < 1.29 is 31.9 Å². The lowest BCUT2D eigenvalue weighted by Crippen LogP contribution is -2.32. The van der Waals surface area contributed by atoms with Crippen LogP contribution in [0.2, 0.25) is 0 Å². The minimum atomic E-state index is -5.26. The number of carbonyl (C=O) groups is 1. The summed E-state index contributed by atoms with van der Waals surface area (Å²) in [5.41, 5.74) is -0.913.